The Labute approximate surface area is 226 Å². The molecule has 2 aliphatic heterocycles. The van der Waals surface area contributed by atoms with Gasteiger partial charge in [0.2, 0.25) is 0 Å². The maximum Gasteiger partial charge on any atom is 0.323 e. The molecule has 2 aliphatic rings. The molecule has 192 valence electrons. The third-order valence-corrected chi connectivity index (χ3v) is 8.54. The Morgan fingerprint density at radius 3 is 2.54 bits per heavy atom. The number of anilines is 2. The topological polar surface area (TPSA) is 61.9 Å². The van der Waals surface area contributed by atoms with Gasteiger partial charge in [-0.25, -0.2) is 4.79 Å². The van der Waals surface area contributed by atoms with Crippen molar-refractivity contribution >= 4 is 46.7 Å². The minimum atomic E-state index is -1.17. The molecular formula is C29H30ClN3O3S. The number of nitrogens with one attached hydrogen (secondary N) is 1. The highest BCUT2D eigenvalue weighted by molar-refractivity contribution is 8.01. The predicted molar refractivity (Wildman–Crippen MR) is 151 cm³/mol. The van der Waals surface area contributed by atoms with Gasteiger partial charge < -0.3 is 15.0 Å². The van der Waals surface area contributed by atoms with E-state index in [-0.39, 0.29) is 17.4 Å². The van der Waals surface area contributed by atoms with Crippen LogP contribution in [0, 0.1) is 0 Å². The summed E-state index contributed by atoms with van der Waals surface area (Å²) in [6.45, 7) is 7.39. The van der Waals surface area contributed by atoms with Crippen molar-refractivity contribution < 1.29 is 14.3 Å². The SMILES string of the molecule is COc1ccc2c(c1)[C@@]1(SCCN1C(=O)Nc1cccc(Cl)c1)C(=O)N2Cc1ccc(C(C)(C)C)cc1. The number of carbonyl (C=O) groups excluding carboxylic acids is 2. The molecule has 6 nitrogen and oxygen atoms in total. The molecule has 2 heterocycles. The summed E-state index contributed by atoms with van der Waals surface area (Å²) in [6.07, 6.45) is 0. The molecule has 0 saturated carbocycles. The van der Waals surface area contributed by atoms with E-state index in [9.17, 15) is 9.59 Å². The third-order valence-electron chi connectivity index (χ3n) is 6.88. The van der Waals surface area contributed by atoms with Crippen LogP contribution in [0.1, 0.15) is 37.5 Å². The lowest BCUT2D eigenvalue weighted by atomic mass is 9.87. The van der Waals surface area contributed by atoms with Crippen molar-refractivity contribution in [1.82, 2.24) is 4.90 Å². The highest BCUT2D eigenvalue weighted by Crippen LogP contribution is 2.55. The van der Waals surface area contributed by atoms with E-state index in [1.54, 1.807) is 41.2 Å². The number of hydrogen-bond acceptors (Lipinski definition) is 4. The van der Waals surface area contributed by atoms with Crippen molar-refractivity contribution in [2.45, 2.75) is 37.6 Å². The number of ether oxygens (including phenoxy) is 1. The molecule has 1 fully saturated rings. The Hall–Kier alpha value is -3.16. The fourth-order valence-electron chi connectivity index (χ4n) is 4.93. The highest BCUT2D eigenvalue weighted by Gasteiger charge is 2.59. The molecule has 3 amide bonds. The lowest BCUT2D eigenvalue weighted by Gasteiger charge is -2.33. The predicted octanol–water partition coefficient (Wildman–Crippen LogP) is 6.63. The number of fused-ring (bicyclic) bond motifs is 2. The summed E-state index contributed by atoms with van der Waals surface area (Å²) in [7, 11) is 1.60. The second-order valence-electron chi connectivity index (χ2n) is 10.3. The van der Waals surface area contributed by atoms with E-state index in [2.05, 4.69) is 50.4 Å². The van der Waals surface area contributed by atoms with Crippen molar-refractivity contribution in [3.63, 3.8) is 0 Å². The average Bonchev–Trinajstić information content (AvgIpc) is 3.41. The number of halogens is 1. The lowest BCUT2D eigenvalue weighted by Crippen LogP contribution is -2.51. The van der Waals surface area contributed by atoms with Gasteiger partial charge in [-0.2, -0.15) is 0 Å². The van der Waals surface area contributed by atoms with E-state index in [0.29, 0.717) is 35.3 Å². The number of methoxy groups -OCH3 is 1. The molecule has 3 aromatic rings. The summed E-state index contributed by atoms with van der Waals surface area (Å²) in [4.78, 5) is 30.1. The van der Waals surface area contributed by atoms with Crippen LogP contribution in [-0.4, -0.2) is 36.2 Å². The van der Waals surface area contributed by atoms with E-state index in [4.69, 9.17) is 16.3 Å². The Bertz CT molecular complexity index is 1360. The Morgan fingerprint density at radius 2 is 1.86 bits per heavy atom. The Balaban J connectivity index is 1.51. The summed E-state index contributed by atoms with van der Waals surface area (Å²) < 4.78 is 5.51. The largest absolute Gasteiger partial charge is 0.497 e. The first-order chi connectivity index (χ1) is 17.6. The quantitative estimate of drug-likeness (QED) is 0.407. The van der Waals surface area contributed by atoms with Crippen molar-refractivity contribution in [2.24, 2.45) is 0 Å². The van der Waals surface area contributed by atoms with Crippen LogP contribution in [0.3, 0.4) is 0 Å². The molecule has 1 atom stereocenters. The van der Waals surface area contributed by atoms with Crippen LogP contribution in [0.4, 0.5) is 16.2 Å². The molecule has 0 radical (unpaired) electrons. The van der Waals surface area contributed by atoms with Gasteiger partial charge in [-0.05, 0) is 52.9 Å². The molecule has 1 spiro atoms. The van der Waals surface area contributed by atoms with Crippen LogP contribution >= 0.6 is 23.4 Å². The molecule has 0 bridgehead atoms. The Morgan fingerprint density at radius 1 is 1.11 bits per heavy atom. The summed E-state index contributed by atoms with van der Waals surface area (Å²) in [5, 5.41) is 3.45. The third kappa shape index (κ3) is 4.55. The molecule has 1 N–H and O–H groups in total. The second kappa shape index (κ2) is 9.62. The summed E-state index contributed by atoms with van der Waals surface area (Å²) in [5.41, 5.74) is 4.45. The normalized spacial score (nSPS) is 18.9. The monoisotopic (exact) mass is 535 g/mol. The molecule has 3 aromatic carbocycles. The van der Waals surface area contributed by atoms with Crippen LogP contribution in [0.25, 0.3) is 0 Å². The van der Waals surface area contributed by atoms with Crippen molar-refractivity contribution in [3.05, 3.63) is 88.4 Å². The smallest absolute Gasteiger partial charge is 0.323 e. The van der Waals surface area contributed by atoms with Gasteiger partial charge in [0.05, 0.1) is 19.3 Å². The number of rotatable bonds is 4. The van der Waals surface area contributed by atoms with Crippen LogP contribution in [0.2, 0.25) is 5.02 Å². The van der Waals surface area contributed by atoms with E-state index in [1.807, 2.05) is 18.2 Å². The fraction of sp³-hybridized carbons (Fsp3) is 0.310. The number of nitrogens with zero attached hydrogens (tertiary/aromatic N) is 2. The minimum absolute atomic E-state index is 0.0482. The number of urea groups is 1. The highest BCUT2D eigenvalue weighted by atomic mass is 35.5. The second-order valence-corrected chi connectivity index (χ2v) is 12.0. The molecule has 0 aliphatic carbocycles. The first-order valence-corrected chi connectivity index (χ1v) is 13.6. The number of benzene rings is 3. The maximum atomic E-state index is 14.3. The molecular weight excluding hydrogens is 506 g/mol. The van der Waals surface area contributed by atoms with Gasteiger partial charge >= 0.3 is 6.03 Å². The molecule has 0 unspecified atom stereocenters. The first-order valence-electron chi connectivity index (χ1n) is 12.2. The zero-order chi connectivity index (χ0) is 26.4. The van der Waals surface area contributed by atoms with Crippen LogP contribution < -0.4 is 15.0 Å². The van der Waals surface area contributed by atoms with Crippen molar-refractivity contribution in [3.8, 4) is 5.75 Å². The number of hydrogen-bond donors (Lipinski definition) is 1. The average molecular weight is 536 g/mol. The molecule has 5 rings (SSSR count). The van der Waals surface area contributed by atoms with Gasteiger partial charge in [-0.1, -0.05) is 62.7 Å². The molecule has 1 saturated heterocycles. The summed E-state index contributed by atoms with van der Waals surface area (Å²) >= 11 is 7.60. The first kappa shape index (κ1) is 25.5. The van der Waals surface area contributed by atoms with E-state index in [0.717, 1.165) is 16.8 Å². The minimum Gasteiger partial charge on any atom is -0.497 e. The number of amides is 3. The number of thioether (sulfide) groups is 1. The summed E-state index contributed by atoms with van der Waals surface area (Å²) in [6, 6.07) is 20.7. The van der Waals surface area contributed by atoms with E-state index in [1.165, 1.54) is 17.3 Å². The van der Waals surface area contributed by atoms with Gasteiger partial charge in [-0.3, -0.25) is 9.69 Å². The molecule has 37 heavy (non-hydrogen) atoms. The zero-order valence-electron chi connectivity index (χ0n) is 21.4. The lowest BCUT2D eigenvalue weighted by molar-refractivity contribution is -0.123. The zero-order valence-corrected chi connectivity index (χ0v) is 22.9. The summed E-state index contributed by atoms with van der Waals surface area (Å²) in [5.74, 6) is 1.16. The number of carbonyl (C=O) groups is 2. The van der Waals surface area contributed by atoms with Gasteiger partial charge in [0.1, 0.15) is 5.75 Å². The van der Waals surface area contributed by atoms with Crippen molar-refractivity contribution in [1.29, 1.82) is 0 Å². The molecule has 8 heteroatoms. The van der Waals surface area contributed by atoms with Crippen LogP contribution in [0.5, 0.6) is 5.75 Å². The molecule has 0 aromatic heterocycles. The van der Waals surface area contributed by atoms with Gasteiger partial charge in [0.15, 0.2) is 4.87 Å². The Kier molecular flexibility index (Phi) is 6.62. The van der Waals surface area contributed by atoms with Gasteiger partial charge in [-0.15, -0.1) is 11.8 Å². The fourth-order valence-corrected chi connectivity index (χ4v) is 6.57. The van der Waals surface area contributed by atoms with Crippen LogP contribution in [-0.2, 0) is 21.6 Å². The van der Waals surface area contributed by atoms with E-state index >= 15 is 0 Å². The van der Waals surface area contributed by atoms with Crippen molar-refractivity contribution in [2.75, 3.05) is 29.6 Å². The van der Waals surface area contributed by atoms with Gasteiger partial charge in [0, 0.05) is 28.6 Å². The van der Waals surface area contributed by atoms with Crippen LogP contribution in [0.15, 0.2) is 66.7 Å². The van der Waals surface area contributed by atoms with Gasteiger partial charge in [0.25, 0.3) is 5.91 Å². The standard InChI is InChI=1S/C29H30ClN3O3S/c1-28(2,3)20-10-8-19(9-11-20)18-32-25-13-12-23(36-4)17-24(25)29(26(32)34)33(14-15-37-29)27(35)31-22-7-5-6-21(30)16-22/h5-13,16-17H,14-15,18H2,1-4H3,(H,31,35)/t29-/m1/s1. The maximum absolute atomic E-state index is 14.3. The van der Waals surface area contributed by atoms with E-state index < -0.39 is 4.87 Å².